The molecule has 0 heterocycles. The summed E-state index contributed by atoms with van der Waals surface area (Å²) in [5.74, 6) is 0.464. The van der Waals surface area contributed by atoms with Crippen LogP contribution < -0.4 is 16.0 Å². The van der Waals surface area contributed by atoms with Crippen LogP contribution >= 0.6 is 0 Å². The van der Waals surface area contributed by atoms with Crippen LogP contribution in [-0.4, -0.2) is 38.5 Å². The van der Waals surface area contributed by atoms with Crippen LogP contribution in [0.25, 0.3) is 0 Å². The van der Waals surface area contributed by atoms with Gasteiger partial charge in [-0.15, -0.1) is 0 Å². The van der Waals surface area contributed by atoms with Gasteiger partial charge in [0.2, 0.25) is 0 Å². The number of halogens is 1. The molecule has 28 heavy (non-hydrogen) atoms. The van der Waals surface area contributed by atoms with Crippen LogP contribution in [0.1, 0.15) is 34.0 Å². The van der Waals surface area contributed by atoms with Crippen LogP contribution in [0.4, 0.5) is 4.39 Å². The van der Waals surface area contributed by atoms with Gasteiger partial charge < -0.3 is 16.0 Å². The summed E-state index contributed by atoms with van der Waals surface area (Å²) in [5, 5.41) is 9.19. The van der Waals surface area contributed by atoms with E-state index in [1.165, 1.54) is 6.07 Å². The molecule has 2 rings (SSSR count). The van der Waals surface area contributed by atoms with Gasteiger partial charge in [-0.25, -0.2) is 4.39 Å². The average molecular weight is 384 g/mol. The minimum absolute atomic E-state index is 0.0826. The molecule has 0 aliphatic rings. The predicted octanol–water partition coefficient (Wildman–Crippen LogP) is 2.83. The Hall–Kier alpha value is -2.89. The maximum atomic E-state index is 13.2. The standard InChI is InChI=1S/C22H29FN4O/c1-4-25-22(27-13-11-18-8-9-20(23)14-16(18)2)26-12-10-17-6-5-7-19(15-17)21(28)24-3/h5-9,14-15H,4,10-13H2,1-3H3,(H,24,28)(H2,25,26,27). The molecule has 5 nitrogen and oxygen atoms in total. The highest BCUT2D eigenvalue weighted by molar-refractivity contribution is 5.94. The maximum absolute atomic E-state index is 13.2. The summed E-state index contributed by atoms with van der Waals surface area (Å²) in [4.78, 5) is 16.3. The van der Waals surface area contributed by atoms with Gasteiger partial charge >= 0.3 is 0 Å². The van der Waals surface area contributed by atoms with Crippen LogP contribution in [0.5, 0.6) is 0 Å². The van der Waals surface area contributed by atoms with Crippen molar-refractivity contribution in [2.45, 2.75) is 26.7 Å². The van der Waals surface area contributed by atoms with E-state index < -0.39 is 0 Å². The monoisotopic (exact) mass is 384 g/mol. The lowest BCUT2D eigenvalue weighted by molar-refractivity contribution is 0.0963. The number of benzene rings is 2. The summed E-state index contributed by atoms with van der Waals surface area (Å²) in [6, 6.07) is 12.5. The number of hydrogen-bond donors (Lipinski definition) is 3. The lowest BCUT2D eigenvalue weighted by atomic mass is 10.1. The molecule has 2 aromatic carbocycles. The smallest absolute Gasteiger partial charge is 0.251 e. The van der Waals surface area contributed by atoms with Crippen LogP contribution in [0.2, 0.25) is 0 Å². The van der Waals surface area contributed by atoms with Gasteiger partial charge in [-0.2, -0.15) is 0 Å². The molecule has 1 amide bonds. The second kappa shape index (κ2) is 11.1. The van der Waals surface area contributed by atoms with Crippen molar-refractivity contribution in [1.82, 2.24) is 16.0 Å². The normalized spacial score (nSPS) is 11.2. The molecule has 0 saturated heterocycles. The van der Waals surface area contributed by atoms with Crippen molar-refractivity contribution in [3.63, 3.8) is 0 Å². The predicted molar refractivity (Wildman–Crippen MR) is 112 cm³/mol. The second-order valence-electron chi connectivity index (χ2n) is 6.54. The number of hydrogen-bond acceptors (Lipinski definition) is 2. The molecule has 0 aliphatic heterocycles. The highest BCUT2D eigenvalue weighted by Crippen LogP contribution is 2.10. The Labute approximate surface area is 166 Å². The van der Waals surface area contributed by atoms with E-state index >= 15 is 0 Å². The number of nitrogens with one attached hydrogen (secondary N) is 3. The minimum atomic E-state index is -0.208. The van der Waals surface area contributed by atoms with Gasteiger partial charge in [0.25, 0.3) is 5.91 Å². The summed E-state index contributed by atoms with van der Waals surface area (Å²) < 4.78 is 13.2. The third-order valence-electron chi connectivity index (χ3n) is 4.42. The molecule has 150 valence electrons. The van der Waals surface area contributed by atoms with Crippen LogP contribution in [0, 0.1) is 12.7 Å². The van der Waals surface area contributed by atoms with Gasteiger partial charge in [-0.3, -0.25) is 9.79 Å². The Balaban J connectivity index is 1.88. The highest BCUT2D eigenvalue weighted by atomic mass is 19.1. The molecule has 0 atom stereocenters. The molecular weight excluding hydrogens is 355 g/mol. The molecule has 0 aromatic heterocycles. The fourth-order valence-corrected chi connectivity index (χ4v) is 2.91. The van der Waals surface area contributed by atoms with Crippen molar-refractivity contribution in [3.05, 3.63) is 70.5 Å². The molecular formula is C22H29FN4O. The van der Waals surface area contributed by atoms with Gasteiger partial charge in [0.15, 0.2) is 5.96 Å². The third-order valence-corrected chi connectivity index (χ3v) is 4.42. The van der Waals surface area contributed by atoms with Crippen LogP contribution in [0.3, 0.4) is 0 Å². The first kappa shape index (κ1) is 21.4. The summed E-state index contributed by atoms with van der Waals surface area (Å²) in [6.45, 7) is 6.03. The Morgan fingerprint density at radius 1 is 1.11 bits per heavy atom. The third kappa shape index (κ3) is 6.68. The molecule has 0 unspecified atom stereocenters. The maximum Gasteiger partial charge on any atom is 0.251 e. The molecule has 0 spiro atoms. The Bertz CT molecular complexity index is 820. The van der Waals surface area contributed by atoms with E-state index in [1.54, 1.807) is 19.2 Å². The zero-order chi connectivity index (χ0) is 20.4. The summed E-state index contributed by atoms with van der Waals surface area (Å²) in [5.41, 5.74) is 3.80. The van der Waals surface area contributed by atoms with Crippen molar-refractivity contribution in [1.29, 1.82) is 0 Å². The van der Waals surface area contributed by atoms with E-state index in [0.717, 1.165) is 42.0 Å². The zero-order valence-electron chi connectivity index (χ0n) is 16.8. The van der Waals surface area contributed by atoms with Crippen LogP contribution in [-0.2, 0) is 12.8 Å². The largest absolute Gasteiger partial charge is 0.357 e. The summed E-state index contributed by atoms with van der Waals surface area (Å²) >= 11 is 0. The molecule has 0 aliphatic carbocycles. The van der Waals surface area contributed by atoms with Gasteiger partial charge in [-0.1, -0.05) is 18.2 Å². The van der Waals surface area contributed by atoms with Crippen molar-refractivity contribution in [3.8, 4) is 0 Å². The molecule has 6 heteroatoms. The molecule has 3 N–H and O–H groups in total. The second-order valence-corrected chi connectivity index (χ2v) is 6.54. The van der Waals surface area contributed by atoms with E-state index in [-0.39, 0.29) is 11.7 Å². The summed E-state index contributed by atoms with van der Waals surface area (Å²) in [7, 11) is 1.63. The number of carbonyl (C=O) groups is 1. The van der Waals surface area contributed by atoms with E-state index in [0.29, 0.717) is 18.7 Å². The lowest BCUT2D eigenvalue weighted by Crippen LogP contribution is -2.38. The number of amides is 1. The number of aryl methyl sites for hydroxylation is 1. The lowest BCUT2D eigenvalue weighted by Gasteiger charge is -2.12. The van der Waals surface area contributed by atoms with Crippen molar-refractivity contribution in [2.24, 2.45) is 4.99 Å². The Kier molecular flexibility index (Phi) is 8.46. The molecule has 0 bridgehead atoms. The van der Waals surface area contributed by atoms with Gasteiger partial charge in [0.1, 0.15) is 5.82 Å². The molecule has 0 radical (unpaired) electrons. The Morgan fingerprint density at radius 3 is 2.64 bits per heavy atom. The van der Waals surface area contributed by atoms with Gasteiger partial charge in [0, 0.05) is 32.2 Å². The number of aliphatic imine (C=N–C) groups is 1. The quantitative estimate of drug-likeness (QED) is 0.484. The first-order chi connectivity index (χ1) is 13.5. The minimum Gasteiger partial charge on any atom is -0.357 e. The van der Waals surface area contributed by atoms with Crippen LogP contribution in [0.15, 0.2) is 47.5 Å². The fourth-order valence-electron chi connectivity index (χ4n) is 2.91. The van der Waals surface area contributed by atoms with Gasteiger partial charge in [-0.05, 0) is 67.6 Å². The SMILES string of the molecule is CCNC(=NCCc1ccc(F)cc1C)NCCc1cccc(C(=O)NC)c1. The number of carbonyl (C=O) groups excluding carboxylic acids is 1. The number of rotatable bonds is 8. The van der Waals surface area contributed by atoms with E-state index in [9.17, 15) is 9.18 Å². The van der Waals surface area contributed by atoms with Gasteiger partial charge in [0.05, 0.1) is 0 Å². The summed E-state index contributed by atoms with van der Waals surface area (Å²) in [6.07, 6.45) is 1.54. The van der Waals surface area contributed by atoms with Crippen molar-refractivity contribution < 1.29 is 9.18 Å². The molecule has 0 fully saturated rings. The van der Waals surface area contributed by atoms with Crippen molar-refractivity contribution >= 4 is 11.9 Å². The van der Waals surface area contributed by atoms with E-state index in [4.69, 9.17) is 0 Å². The fraction of sp³-hybridized carbons (Fsp3) is 0.364. The molecule has 2 aromatic rings. The molecule has 0 saturated carbocycles. The Morgan fingerprint density at radius 2 is 1.93 bits per heavy atom. The van der Waals surface area contributed by atoms with E-state index in [1.807, 2.05) is 38.1 Å². The highest BCUT2D eigenvalue weighted by Gasteiger charge is 2.04. The number of nitrogens with zero attached hydrogens (tertiary/aromatic N) is 1. The topological polar surface area (TPSA) is 65.5 Å². The average Bonchev–Trinajstić information content (AvgIpc) is 2.69. The zero-order valence-corrected chi connectivity index (χ0v) is 16.8. The van der Waals surface area contributed by atoms with E-state index in [2.05, 4.69) is 20.9 Å². The number of guanidine groups is 1. The first-order valence-electron chi connectivity index (χ1n) is 9.61. The van der Waals surface area contributed by atoms with Crippen molar-refractivity contribution in [2.75, 3.05) is 26.7 Å². The first-order valence-corrected chi connectivity index (χ1v) is 9.61.